The number of hydrogen-bond acceptors (Lipinski definition) is 6. The molecule has 1 aromatic carbocycles. The smallest absolute Gasteiger partial charge is 0.265 e. The molecule has 0 saturated carbocycles. The number of nitrogens with zero attached hydrogens (tertiary/aromatic N) is 2. The van der Waals surface area contributed by atoms with Gasteiger partial charge in [0, 0.05) is 24.0 Å². The molecule has 0 spiro atoms. The van der Waals surface area contributed by atoms with Gasteiger partial charge in [0.05, 0.1) is 21.8 Å². The van der Waals surface area contributed by atoms with Gasteiger partial charge in [-0.1, -0.05) is 12.1 Å². The summed E-state index contributed by atoms with van der Waals surface area (Å²) in [5, 5.41) is 5.22. The molecule has 0 unspecified atom stereocenters. The van der Waals surface area contributed by atoms with E-state index >= 15 is 0 Å². The van der Waals surface area contributed by atoms with Crippen LogP contribution >= 0.6 is 22.7 Å². The van der Waals surface area contributed by atoms with Crippen molar-refractivity contribution in [3.05, 3.63) is 52.2 Å². The number of carbonyl (C=O) groups excluding carboxylic acids is 1. The van der Waals surface area contributed by atoms with Crippen molar-refractivity contribution in [2.45, 2.75) is 11.8 Å². The summed E-state index contributed by atoms with van der Waals surface area (Å²) in [4.78, 5) is 19.6. The number of para-hydroxylation sites is 1. The average molecular weight is 418 g/mol. The summed E-state index contributed by atoms with van der Waals surface area (Å²) in [6.07, 6.45) is 1.73. The Morgan fingerprint density at radius 1 is 1.19 bits per heavy atom. The quantitative estimate of drug-likeness (QED) is 0.489. The van der Waals surface area contributed by atoms with Crippen LogP contribution in [-0.4, -0.2) is 31.2 Å². The SMILES string of the molecule is CC(=O)c1sccc1S(=O)(=O)N(C)c1cccc2cc(-c3nccs3)[nH]c12. The highest BCUT2D eigenvalue weighted by Gasteiger charge is 2.28. The third kappa shape index (κ3) is 2.97. The zero-order valence-corrected chi connectivity index (χ0v) is 16.9. The molecule has 6 nitrogen and oxygen atoms in total. The molecule has 0 saturated heterocycles. The maximum absolute atomic E-state index is 13.2. The van der Waals surface area contributed by atoms with Crippen LogP contribution in [0.2, 0.25) is 0 Å². The summed E-state index contributed by atoms with van der Waals surface area (Å²) >= 11 is 2.64. The van der Waals surface area contributed by atoms with Crippen molar-refractivity contribution >= 4 is 55.1 Å². The van der Waals surface area contributed by atoms with Crippen LogP contribution < -0.4 is 4.31 Å². The molecular formula is C18H15N3O3S3. The van der Waals surface area contributed by atoms with E-state index < -0.39 is 10.0 Å². The second-order valence-electron chi connectivity index (χ2n) is 5.90. The van der Waals surface area contributed by atoms with E-state index in [0.29, 0.717) is 11.2 Å². The summed E-state index contributed by atoms with van der Waals surface area (Å²) in [6.45, 7) is 1.37. The van der Waals surface area contributed by atoms with Crippen LogP contribution in [-0.2, 0) is 10.0 Å². The number of rotatable bonds is 5. The van der Waals surface area contributed by atoms with Crippen molar-refractivity contribution in [1.82, 2.24) is 9.97 Å². The van der Waals surface area contributed by atoms with Crippen molar-refractivity contribution in [1.29, 1.82) is 0 Å². The van der Waals surface area contributed by atoms with E-state index in [1.54, 1.807) is 17.6 Å². The normalized spacial score (nSPS) is 11.8. The number of nitrogens with one attached hydrogen (secondary N) is 1. The first-order valence-corrected chi connectivity index (χ1v) is 11.2. The molecule has 4 aromatic rings. The van der Waals surface area contributed by atoms with Crippen molar-refractivity contribution in [2.24, 2.45) is 0 Å². The van der Waals surface area contributed by atoms with Gasteiger partial charge in [-0.2, -0.15) is 0 Å². The van der Waals surface area contributed by atoms with Gasteiger partial charge in [-0.25, -0.2) is 13.4 Å². The lowest BCUT2D eigenvalue weighted by Gasteiger charge is -2.20. The lowest BCUT2D eigenvalue weighted by atomic mass is 10.2. The average Bonchev–Trinajstić information content (AvgIpc) is 3.39. The Balaban J connectivity index is 1.84. The Bertz CT molecular complexity index is 1240. The second kappa shape index (κ2) is 6.59. The van der Waals surface area contributed by atoms with Gasteiger partial charge < -0.3 is 4.98 Å². The summed E-state index contributed by atoms with van der Waals surface area (Å²) in [6, 6.07) is 8.88. The third-order valence-corrected chi connectivity index (χ3v) is 7.99. The molecule has 3 heterocycles. The highest BCUT2D eigenvalue weighted by Crippen LogP contribution is 2.34. The third-order valence-electron chi connectivity index (χ3n) is 4.22. The number of H-pyrrole nitrogens is 1. The van der Waals surface area contributed by atoms with Crippen molar-refractivity contribution < 1.29 is 13.2 Å². The van der Waals surface area contributed by atoms with Gasteiger partial charge in [0.1, 0.15) is 9.90 Å². The molecule has 27 heavy (non-hydrogen) atoms. The van der Waals surface area contributed by atoms with Gasteiger partial charge in [0.2, 0.25) is 0 Å². The zero-order valence-electron chi connectivity index (χ0n) is 14.5. The molecule has 0 fully saturated rings. The molecular weight excluding hydrogens is 402 g/mol. The van der Waals surface area contributed by atoms with Gasteiger partial charge in [-0.3, -0.25) is 9.10 Å². The molecule has 0 radical (unpaired) electrons. The number of Topliss-reactive ketones (excluding diaryl/α,β-unsaturated/α-hetero) is 1. The maximum atomic E-state index is 13.2. The van der Waals surface area contributed by atoms with Gasteiger partial charge in [-0.15, -0.1) is 22.7 Å². The van der Waals surface area contributed by atoms with Gasteiger partial charge in [0.25, 0.3) is 10.0 Å². The van der Waals surface area contributed by atoms with Crippen LogP contribution in [0.15, 0.2) is 52.2 Å². The van der Waals surface area contributed by atoms with Crippen molar-refractivity contribution in [3.63, 3.8) is 0 Å². The number of aromatic nitrogens is 2. The maximum Gasteiger partial charge on any atom is 0.265 e. The highest BCUT2D eigenvalue weighted by molar-refractivity contribution is 7.93. The summed E-state index contributed by atoms with van der Waals surface area (Å²) in [7, 11) is -2.37. The molecule has 0 amide bonds. The first-order chi connectivity index (χ1) is 12.9. The van der Waals surface area contributed by atoms with Crippen LogP contribution in [0.5, 0.6) is 0 Å². The number of benzene rings is 1. The minimum atomic E-state index is -3.87. The first kappa shape index (κ1) is 17.9. The van der Waals surface area contributed by atoms with E-state index in [9.17, 15) is 13.2 Å². The molecule has 138 valence electrons. The second-order valence-corrected chi connectivity index (χ2v) is 9.65. The molecule has 0 aliphatic heterocycles. The number of anilines is 1. The fraction of sp³-hybridized carbons (Fsp3) is 0.111. The minimum absolute atomic E-state index is 0.0335. The Labute approximate surface area is 164 Å². The molecule has 9 heteroatoms. The standard InChI is InChI=1S/C18H15N3O3S3/c1-11(22)17-15(6-8-25-17)27(23,24)21(2)14-5-3-4-12-10-13(20-16(12)14)18-19-7-9-26-18/h3-10,20H,1-2H3. The Morgan fingerprint density at radius 2 is 2.00 bits per heavy atom. The molecule has 0 aliphatic carbocycles. The lowest BCUT2D eigenvalue weighted by molar-refractivity contribution is 0.101. The van der Waals surface area contributed by atoms with Gasteiger partial charge in [0.15, 0.2) is 5.78 Å². The van der Waals surface area contributed by atoms with E-state index in [-0.39, 0.29) is 15.6 Å². The zero-order chi connectivity index (χ0) is 19.2. The van der Waals surface area contributed by atoms with Crippen molar-refractivity contribution in [2.75, 3.05) is 11.4 Å². The van der Waals surface area contributed by atoms with Gasteiger partial charge in [-0.05, 0) is 30.5 Å². The fourth-order valence-corrected chi connectivity index (χ4v) is 6.08. The highest BCUT2D eigenvalue weighted by atomic mass is 32.2. The molecule has 1 N–H and O–H groups in total. The van der Waals surface area contributed by atoms with E-state index in [1.165, 1.54) is 35.7 Å². The molecule has 4 rings (SSSR count). The largest absolute Gasteiger partial charge is 0.351 e. The van der Waals surface area contributed by atoms with Crippen LogP contribution in [0.3, 0.4) is 0 Å². The van der Waals surface area contributed by atoms with Crippen LogP contribution in [0.1, 0.15) is 16.6 Å². The van der Waals surface area contributed by atoms with E-state index in [4.69, 9.17) is 0 Å². The molecule has 0 aliphatic rings. The summed E-state index contributed by atoms with van der Waals surface area (Å²) in [5.41, 5.74) is 2.04. The molecule has 0 bridgehead atoms. The monoisotopic (exact) mass is 417 g/mol. The van der Waals surface area contributed by atoms with E-state index in [0.717, 1.165) is 27.4 Å². The molecule has 3 aromatic heterocycles. The number of thiophene rings is 1. The Morgan fingerprint density at radius 3 is 2.70 bits per heavy atom. The first-order valence-electron chi connectivity index (χ1n) is 7.98. The number of sulfonamides is 1. The van der Waals surface area contributed by atoms with E-state index in [1.807, 2.05) is 23.6 Å². The predicted molar refractivity (Wildman–Crippen MR) is 109 cm³/mol. The van der Waals surface area contributed by atoms with Crippen LogP contribution in [0.4, 0.5) is 5.69 Å². The number of fused-ring (bicyclic) bond motifs is 1. The van der Waals surface area contributed by atoms with Crippen LogP contribution in [0, 0.1) is 0 Å². The molecule has 0 atom stereocenters. The number of ketones is 1. The van der Waals surface area contributed by atoms with Crippen molar-refractivity contribution in [3.8, 4) is 10.7 Å². The summed E-state index contributed by atoms with van der Waals surface area (Å²) in [5.74, 6) is -0.263. The van der Waals surface area contributed by atoms with Gasteiger partial charge >= 0.3 is 0 Å². The van der Waals surface area contributed by atoms with Crippen LogP contribution in [0.25, 0.3) is 21.6 Å². The lowest BCUT2D eigenvalue weighted by Crippen LogP contribution is -2.27. The Hall–Kier alpha value is -2.49. The fourth-order valence-electron chi connectivity index (χ4n) is 2.91. The number of carbonyl (C=O) groups is 1. The number of thiazole rings is 1. The predicted octanol–water partition coefficient (Wildman–Crippen LogP) is 4.38. The Kier molecular flexibility index (Phi) is 4.37. The summed E-state index contributed by atoms with van der Waals surface area (Å²) < 4.78 is 27.5. The number of hydrogen-bond donors (Lipinski definition) is 1. The topological polar surface area (TPSA) is 83.1 Å². The minimum Gasteiger partial charge on any atom is -0.351 e. The van der Waals surface area contributed by atoms with E-state index in [2.05, 4.69) is 9.97 Å². The number of aromatic amines is 1.